The zero-order chi connectivity index (χ0) is 13.1. The fourth-order valence-corrected chi connectivity index (χ4v) is 2.16. The van der Waals surface area contributed by atoms with E-state index < -0.39 is 0 Å². The van der Waals surface area contributed by atoms with Gasteiger partial charge in [0, 0.05) is 15.7 Å². The average molecular weight is 356 g/mol. The van der Waals surface area contributed by atoms with Gasteiger partial charge in [-0.3, -0.25) is 9.89 Å². The van der Waals surface area contributed by atoms with Crippen molar-refractivity contribution in [1.82, 2.24) is 15.5 Å². The van der Waals surface area contributed by atoms with E-state index in [1.165, 1.54) is 0 Å². The number of carbonyl (C=O) groups is 1. The molecule has 0 fully saturated rings. The minimum absolute atomic E-state index is 0.108. The molecule has 0 bridgehead atoms. The highest BCUT2D eigenvalue weighted by atomic mass is 127. The molecule has 1 aromatic heterocycles. The molecule has 1 aromatic carbocycles. The Morgan fingerprint density at radius 2 is 2.33 bits per heavy atom. The van der Waals surface area contributed by atoms with Crippen LogP contribution in [0.5, 0.6) is 0 Å². The molecule has 0 unspecified atom stereocenters. The van der Waals surface area contributed by atoms with Gasteiger partial charge < -0.3 is 11.1 Å². The third-order valence-corrected chi connectivity index (χ3v) is 4.06. The highest BCUT2D eigenvalue weighted by Crippen LogP contribution is 2.16. The van der Waals surface area contributed by atoms with Crippen LogP contribution in [0.3, 0.4) is 0 Å². The van der Waals surface area contributed by atoms with Crippen LogP contribution in [0.25, 0.3) is 0 Å². The summed E-state index contributed by atoms with van der Waals surface area (Å²) in [5.41, 5.74) is 8.20. The second-order valence-electron chi connectivity index (χ2n) is 3.93. The molecule has 0 aliphatic carbocycles. The largest absolute Gasteiger partial charge is 0.384 e. The Hall–Kier alpha value is -1.57. The lowest BCUT2D eigenvalue weighted by Gasteiger charge is -2.08. The summed E-state index contributed by atoms with van der Waals surface area (Å²) in [7, 11) is 0. The molecule has 0 aliphatic rings. The summed E-state index contributed by atoms with van der Waals surface area (Å²) < 4.78 is 0.966. The second kappa shape index (κ2) is 5.38. The van der Waals surface area contributed by atoms with E-state index in [4.69, 9.17) is 5.73 Å². The van der Waals surface area contributed by atoms with Crippen LogP contribution in [-0.2, 0) is 6.54 Å². The monoisotopic (exact) mass is 356 g/mol. The predicted molar refractivity (Wildman–Crippen MR) is 78.1 cm³/mol. The van der Waals surface area contributed by atoms with Gasteiger partial charge in [0.15, 0.2) is 0 Å². The smallest absolute Gasteiger partial charge is 0.252 e. The molecule has 0 saturated heterocycles. The van der Waals surface area contributed by atoms with Gasteiger partial charge >= 0.3 is 0 Å². The van der Waals surface area contributed by atoms with Crippen LogP contribution in [0.15, 0.2) is 24.4 Å². The van der Waals surface area contributed by atoms with Crippen LogP contribution in [0.1, 0.15) is 21.5 Å². The van der Waals surface area contributed by atoms with E-state index >= 15 is 0 Å². The normalized spacial score (nSPS) is 10.3. The standard InChI is InChI=1S/C12H13IN4O/c1-7-3-2-4-9(10(7)13)12(18)15-5-8-6-16-17-11(8)14/h2-4,6H,5H2,1H3,(H,15,18)(H3,14,16,17). The van der Waals surface area contributed by atoms with Crippen LogP contribution < -0.4 is 11.1 Å². The van der Waals surface area contributed by atoms with Crippen molar-refractivity contribution in [2.75, 3.05) is 5.73 Å². The summed E-state index contributed by atoms with van der Waals surface area (Å²) in [5, 5.41) is 9.26. The van der Waals surface area contributed by atoms with Gasteiger partial charge in [0.05, 0.1) is 11.8 Å². The van der Waals surface area contributed by atoms with E-state index in [9.17, 15) is 4.79 Å². The first-order chi connectivity index (χ1) is 8.59. The predicted octanol–water partition coefficient (Wildman–Crippen LogP) is 1.83. The third-order valence-electron chi connectivity index (χ3n) is 2.63. The number of aromatic amines is 1. The molecule has 94 valence electrons. The quantitative estimate of drug-likeness (QED) is 0.734. The lowest BCUT2D eigenvalue weighted by molar-refractivity contribution is 0.0950. The van der Waals surface area contributed by atoms with E-state index in [0.717, 1.165) is 14.7 Å². The number of aryl methyl sites for hydroxylation is 1. The minimum atomic E-state index is -0.108. The Morgan fingerprint density at radius 3 is 3.00 bits per heavy atom. The summed E-state index contributed by atoms with van der Waals surface area (Å²) in [6.07, 6.45) is 1.61. The molecule has 0 aliphatic heterocycles. The Kier molecular flexibility index (Phi) is 3.85. The molecule has 1 amide bonds. The number of hydrogen-bond donors (Lipinski definition) is 3. The number of nitrogens with two attached hydrogens (primary N) is 1. The fraction of sp³-hybridized carbons (Fsp3) is 0.167. The van der Waals surface area contributed by atoms with Crippen molar-refractivity contribution in [2.45, 2.75) is 13.5 Å². The number of carbonyl (C=O) groups excluding carboxylic acids is 1. The van der Waals surface area contributed by atoms with Gasteiger partial charge in [-0.1, -0.05) is 12.1 Å². The zero-order valence-electron chi connectivity index (χ0n) is 9.83. The van der Waals surface area contributed by atoms with Crippen LogP contribution in [0.2, 0.25) is 0 Å². The van der Waals surface area contributed by atoms with Crippen LogP contribution in [0.4, 0.5) is 5.82 Å². The molecule has 5 nitrogen and oxygen atoms in total. The molecule has 4 N–H and O–H groups in total. The number of nitrogen functional groups attached to an aromatic ring is 1. The molecule has 0 atom stereocenters. The summed E-state index contributed by atoms with van der Waals surface area (Å²) in [6, 6.07) is 5.66. The number of rotatable bonds is 3. The number of hydrogen-bond acceptors (Lipinski definition) is 3. The lowest BCUT2D eigenvalue weighted by Crippen LogP contribution is -2.24. The summed E-state index contributed by atoms with van der Waals surface area (Å²) >= 11 is 2.18. The van der Waals surface area contributed by atoms with Crippen molar-refractivity contribution < 1.29 is 4.79 Å². The first-order valence-electron chi connectivity index (χ1n) is 5.40. The molecular weight excluding hydrogens is 343 g/mol. The molecule has 1 heterocycles. The third kappa shape index (κ3) is 2.63. The molecule has 0 radical (unpaired) electrons. The molecule has 18 heavy (non-hydrogen) atoms. The van der Waals surface area contributed by atoms with Crippen molar-refractivity contribution in [3.63, 3.8) is 0 Å². The van der Waals surface area contributed by atoms with Crippen molar-refractivity contribution in [1.29, 1.82) is 0 Å². The number of H-pyrrole nitrogens is 1. The van der Waals surface area contributed by atoms with Crippen molar-refractivity contribution in [3.8, 4) is 0 Å². The highest BCUT2D eigenvalue weighted by Gasteiger charge is 2.11. The van der Waals surface area contributed by atoms with Gasteiger partial charge in [-0.25, -0.2) is 0 Å². The van der Waals surface area contributed by atoms with Gasteiger partial charge in [0.25, 0.3) is 5.91 Å². The van der Waals surface area contributed by atoms with Crippen molar-refractivity contribution in [2.24, 2.45) is 0 Å². The van der Waals surface area contributed by atoms with E-state index in [1.807, 2.05) is 25.1 Å². The van der Waals surface area contributed by atoms with Crippen LogP contribution >= 0.6 is 22.6 Å². The van der Waals surface area contributed by atoms with Crippen molar-refractivity contribution in [3.05, 3.63) is 44.7 Å². The Labute approximate surface area is 118 Å². The van der Waals surface area contributed by atoms with E-state index in [0.29, 0.717) is 17.9 Å². The maximum absolute atomic E-state index is 12.0. The van der Waals surface area contributed by atoms with Gasteiger partial charge in [-0.2, -0.15) is 5.10 Å². The first-order valence-corrected chi connectivity index (χ1v) is 6.48. The number of anilines is 1. The average Bonchev–Trinajstić information content (AvgIpc) is 2.75. The van der Waals surface area contributed by atoms with E-state index in [-0.39, 0.29) is 5.91 Å². The SMILES string of the molecule is Cc1cccc(C(=O)NCc2cn[nH]c2N)c1I. The van der Waals surface area contributed by atoms with Gasteiger partial charge in [-0.05, 0) is 41.1 Å². The number of nitrogens with zero attached hydrogens (tertiary/aromatic N) is 1. The summed E-state index contributed by atoms with van der Waals surface area (Å²) in [4.78, 5) is 12.0. The molecule has 0 spiro atoms. The second-order valence-corrected chi connectivity index (χ2v) is 5.01. The molecular formula is C12H13IN4O. The van der Waals surface area contributed by atoms with Crippen molar-refractivity contribution >= 4 is 34.3 Å². The molecule has 2 aromatic rings. The summed E-state index contributed by atoms with van der Waals surface area (Å²) in [5.74, 6) is 0.373. The lowest BCUT2D eigenvalue weighted by atomic mass is 10.1. The zero-order valence-corrected chi connectivity index (χ0v) is 12.0. The fourth-order valence-electron chi connectivity index (χ4n) is 1.56. The maximum atomic E-state index is 12.0. The Balaban J connectivity index is 2.09. The van der Waals surface area contributed by atoms with Crippen LogP contribution in [-0.4, -0.2) is 16.1 Å². The van der Waals surface area contributed by atoms with Gasteiger partial charge in [-0.15, -0.1) is 0 Å². The number of halogens is 1. The number of aromatic nitrogens is 2. The molecule has 2 rings (SSSR count). The van der Waals surface area contributed by atoms with Crippen LogP contribution in [0, 0.1) is 10.5 Å². The number of amides is 1. The highest BCUT2D eigenvalue weighted by molar-refractivity contribution is 14.1. The maximum Gasteiger partial charge on any atom is 0.252 e. The van der Waals surface area contributed by atoms with Gasteiger partial charge in [0.2, 0.25) is 0 Å². The van der Waals surface area contributed by atoms with E-state index in [1.54, 1.807) is 6.20 Å². The number of benzene rings is 1. The Bertz CT molecular complexity index is 579. The number of nitrogens with one attached hydrogen (secondary N) is 2. The molecule has 0 saturated carbocycles. The molecule has 6 heteroatoms. The summed E-state index contributed by atoms with van der Waals surface area (Å²) in [6.45, 7) is 2.35. The van der Waals surface area contributed by atoms with Gasteiger partial charge in [0.1, 0.15) is 5.82 Å². The van der Waals surface area contributed by atoms with E-state index in [2.05, 4.69) is 38.1 Å². The topological polar surface area (TPSA) is 83.8 Å². The minimum Gasteiger partial charge on any atom is -0.384 e. The Morgan fingerprint density at radius 1 is 1.56 bits per heavy atom. The first kappa shape index (κ1) is 12.9.